The van der Waals surface area contributed by atoms with Crippen molar-refractivity contribution in [3.05, 3.63) is 84.4 Å². The molecule has 6 heteroatoms. The van der Waals surface area contributed by atoms with Crippen LogP contribution in [-0.2, 0) is 6.42 Å². The molecule has 0 saturated carbocycles. The first kappa shape index (κ1) is 15.8. The van der Waals surface area contributed by atoms with Gasteiger partial charge in [0.15, 0.2) is 0 Å². The molecule has 3 aromatic carbocycles. The summed E-state index contributed by atoms with van der Waals surface area (Å²) in [7, 11) is 0. The minimum atomic E-state index is -0.127. The van der Waals surface area contributed by atoms with Gasteiger partial charge >= 0.3 is 0 Å². The van der Waals surface area contributed by atoms with E-state index in [0.717, 1.165) is 16.9 Å². The number of benzene rings is 3. The lowest BCUT2D eigenvalue weighted by Crippen LogP contribution is -2.15. The molecule has 6 nitrogen and oxygen atoms in total. The van der Waals surface area contributed by atoms with Crippen molar-refractivity contribution in [3.8, 4) is 0 Å². The first-order valence-corrected chi connectivity index (χ1v) is 8.19. The number of carbonyl (C=O) groups is 1. The quantitative estimate of drug-likeness (QED) is 0.504. The van der Waals surface area contributed by atoms with E-state index >= 15 is 0 Å². The Morgan fingerprint density at radius 2 is 1.46 bits per heavy atom. The fraction of sp³-hybridized carbons (Fsp3) is 0.0500. The van der Waals surface area contributed by atoms with Crippen LogP contribution in [0.5, 0.6) is 0 Å². The van der Waals surface area contributed by atoms with Gasteiger partial charge in [0, 0.05) is 0 Å². The van der Waals surface area contributed by atoms with Crippen molar-refractivity contribution in [2.75, 3.05) is 0 Å². The second-order valence-corrected chi connectivity index (χ2v) is 5.76. The molecule has 26 heavy (non-hydrogen) atoms. The van der Waals surface area contributed by atoms with Crippen LogP contribution >= 0.6 is 0 Å². The zero-order valence-electron chi connectivity index (χ0n) is 13.9. The fourth-order valence-corrected chi connectivity index (χ4v) is 2.59. The highest BCUT2D eigenvalue weighted by atomic mass is 16.2. The SMILES string of the molecule is O=C(Cc1ccc(N=Nc2ccccc2)cc1)n1nnc2ccccc21. The highest BCUT2D eigenvalue weighted by Crippen LogP contribution is 2.19. The number of aromatic nitrogens is 3. The second-order valence-electron chi connectivity index (χ2n) is 5.76. The summed E-state index contributed by atoms with van der Waals surface area (Å²) < 4.78 is 1.35. The Hall–Kier alpha value is -3.67. The Morgan fingerprint density at radius 1 is 0.808 bits per heavy atom. The molecule has 4 aromatic rings. The number of rotatable bonds is 4. The summed E-state index contributed by atoms with van der Waals surface area (Å²) in [5.74, 6) is -0.127. The van der Waals surface area contributed by atoms with Crippen LogP contribution in [0, 0.1) is 0 Å². The van der Waals surface area contributed by atoms with E-state index in [4.69, 9.17) is 0 Å². The maximum atomic E-state index is 12.5. The Bertz CT molecular complexity index is 1070. The van der Waals surface area contributed by atoms with Crippen LogP contribution < -0.4 is 0 Å². The Balaban J connectivity index is 1.47. The number of hydrogen-bond acceptors (Lipinski definition) is 5. The standard InChI is InChI=1S/C20H15N5O/c26-20(25-19-9-5-4-8-18(19)23-24-25)14-15-10-12-17(13-11-15)22-21-16-6-2-1-3-7-16/h1-13H,14H2. The molecule has 0 fully saturated rings. The van der Waals surface area contributed by atoms with Crippen molar-refractivity contribution in [3.63, 3.8) is 0 Å². The largest absolute Gasteiger partial charge is 0.272 e. The number of carbonyl (C=O) groups excluding carboxylic acids is 1. The van der Waals surface area contributed by atoms with E-state index < -0.39 is 0 Å². The van der Waals surface area contributed by atoms with Gasteiger partial charge in [0.05, 0.1) is 23.3 Å². The van der Waals surface area contributed by atoms with E-state index in [1.165, 1.54) is 4.68 Å². The van der Waals surface area contributed by atoms with E-state index in [-0.39, 0.29) is 12.3 Å². The predicted molar refractivity (Wildman–Crippen MR) is 98.9 cm³/mol. The van der Waals surface area contributed by atoms with Gasteiger partial charge in [0.2, 0.25) is 0 Å². The van der Waals surface area contributed by atoms with Crippen LogP contribution in [0.2, 0.25) is 0 Å². The van der Waals surface area contributed by atoms with Crippen molar-refractivity contribution in [1.82, 2.24) is 15.0 Å². The van der Waals surface area contributed by atoms with Crippen LogP contribution in [0.25, 0.3) is 11.0 Å². The molecule has 0 amide bonds. The summed E-state index contributed by atoms with van der Waals surface area (Å²) in [4.78, 5) is 12.5. The van der Waals surface area contributed by atoms with E-state index in [1.54, 1.807) is 0 Å². The molecule has 0 N–H and O–H groups in total. The van der Waals surface area contributed by atoms with Gasteiger partial charge in [-0.05, 0) is 42.0 Å². The highest BCUT2D eigenvalue weighted by Gasteiger charge is 2.12. The summed E-state index contributed by atoms with van der Waals surface area (Å²) in [5.41, 5.74) is 3.83. The maximum absolute atomic E-state index is 12.5. The Kier molecular flexibility index (Phi) is 4.30. The van der Waals surface area contributed by atoms with Gasteiger partial charge in [-0.2, -0.15) is 14.9 Å². The van der Waals surface area contributed by atoms with Gasteiger partial charge in [-0.25, -0.2) is 0 Å². The van der Waals surface area contributed by atoms with Crippen molar-refractivity contribution in [2.24, 2.45) is 10.2 Å². The number of hydrogen-bond donors (Lipinski definition) is 0. The summed E-state index contributed by atoms with van der Waals surface area (Å²) >= 11 is 0. The monoisotopic (exact) mass is 341 g/mol. The second kappa shape index (κ2) is 7.06. The number of nitrogens with zero attached hydrogens (tertiary/aromatic N) is 5. The Labute approximate surface area is 149 Å². The normalized spacial score (nSPS) is 11.2. The Morgan fingerprint density at radius 3 is 2.23 bits per heavy atom. The molecule has 1 heterocycles. The van der Waals surface area contributed by atoms with Gasteiger partial charge in [-0.15, -0.1) is 5.10 Å². The van der Waals surface area contributed by atoms with Gasteiger partial charge < -0.3 is 0 Å². The van der Waals surface area contributed by atoms with Gasteiger partial charge in [-0.1, -0.05) is 47.7 Å². The molecular weight excluding hydrogens is 326 g/mol. The molecule has 4 rings (SSSR count). The zero-order chi connectivity index (χ0) is 17.8. The van der Waals surface area contributed by atoms with Gasteiger partial charge in [-0.3, -0.25) is 4.79 Å². The molecule has 0 saturated heterocycles. The summed E-state index contributed by atoms with van der Waals surface area (Å²) in [6, 6.07) is 24.4. The topological polar surface area (TPSA) is 72.5 Å². The highest BCUT2D eigenvalue weighted by molar-refractivity contribution is 5.89. The van der Waals surface area contributed by atoms with Crippen LogP contribution in [0.15, 0.2) is 89.1 Å². The lowest BCUT2D eigenvalue weighted by atomic mass is 10.1. The van der Waals surface area contributed by atoms with Crippen LogP contribution in [0.3, 0.4) is 0 Å². The fourth-order valence-electron chi connectivity index (χ4n) is 2.59. The first-order valence-electron chi connectivity index (χ1n) is 8.19. The van der Waals surface area contributed by atoms with Crippen LogP contribution in [0.1, 0.15) is 10.4 Å². The van der Waals surface area contributed by atoms with E-state index in [9.17, 15) is 4.79 Å². The van der Waals surface area contributed by atoms with Crippen LogP contribution in [0.4, 0.5) is 11.4 Å². The van der Waals surface area contributed by atoms with E-state index in [1.807, 2.05) is 78.9 Å². The van der Waals surface area contributed by atoms with E-state index in [0.29, 0.717) is 11.0 Å². The first-order chi connectivity index (χ1) is 12.8. The number of azo groups is 1. The average molecular weight is 341 g/mol. The maximum Gasteiger partial charge on any atom is 0.253 e. The molecule has 0 radical (unpaired) electrons. The molecule has 0 bridgehead atoms. The third-order valence-corrected chi connectivity index (χ3v) is 3.92. The minimum Gasteiger partial charge on any atom is -0.272 e. The molecule has 1 aromatic heterocycles. The molecule has 0 atom stereocenters. The predicted octanol–water partition coefficient (Wildman–Crippen LogP) is 4.73. The molecule has 0 aliphatic carbocycles. The molecule has 126 valence electrons. The van der Waals surface area contributed by atoms with Crippen molar-refractivity contribution in [2.45, 2.75) is 6.42 Å². The molecular formula is C20H15N5O. The summed E-state index contributed by atoms with van der Waals surface area (Å²) in [6.45, 7) is 0. The number of fused-ring (bicyclic) bond motifs is 1. The number of para-hydroxylation sites is 1. The third kappa shape index (κ3) is 3.39. The van der Waals surface area contributed by atoms with Gasteiger partial charge in [0.1, 0.15) is 5.52 Å². The lowest BCUT2D eigenvalue weighted by molar-refractivity contribution is 0.0901. The van der Waals surface area contributed by atoms with Crippen LogP contribution in [-0.4, -0.2) is 20.9 Å². The van der Waals surface area contributed by atoms with Crippen molar-refractivity contribution < 1.29 is 4.79 Å². The molecule has 0 spiro atoms. The van der Waals surface area contributed by atoms with Gasteiger partial charge in [0.25, 0.3) is 5.91 Å². The van der Waals surface area contributed by atoms with Crippen molar-refractivity contribution in [1.29, 1.82) is 0 Å². The molecule has 0 aliphatic rings. The molecule has 0 unspecified atom stereocenters. The molecule has 0 aliphatic heterocycles. The minimum absolute atomic E-state index is 0.127. The van der Waals surface area contributed by atoms with E-state index in [2.05, 4.69) is 20.5 Å². The smallest absolute Gasteiger partial charge is 0.253 e. The van der Waals surface area contributed by atoms with Crippen molar-refractivity contribution >= 4 is 28.3 Å². The zero-order valence-corrected chi connectivity index (χ0v) is 13.9. The summed E-state index contributed by atoms with van der Waals surface area (Å²) in [6.07, 6.45) is 0.240. The lowest BCUT2D eigenvalue weighted by Gasteiger charge is -2.02. The average Bonchev–Trinajstić information content (AvgIpc) is 3.12. The third-order valence-electron chi connectivity index (χ3n) is 3.92. The summed E-state index contributed by atoms with van der Waals surface area (Å²) in [5, 5.41) is 16.3.